The van der Waals surface area contributed by atoms with Gasteiger partial charge in [-0.3, -0.25) is 9.59 Å². The van der Waals surface area contributed by atoms with Gasteiger partial charge in [0.1, 0.15) is 11.7 Å². The Labute approximate surface area is 110 Å². The molecule has 1 saturated carbocycles. The Bertz CT molecular complexity index is 528. The number of benzene rings is 1. The molecule has 0 radical (unpaired) electrons. The molecule has 5 heteroatoms. The van der Waals surface area contributed by atoms with Gasteiger partial charge in [0, 0.05) is 18.3 Å². The summed E-state index contributed by atoms with van der Waals surface area (Å²) in [4.78, 5) is 25.6. The van der Waals surface area contributed by atoms with Crippen LogP contribution in [0.3, 0.4) is 0 Å². The van der Waals surface area contributed by atoms with Gasteiger partial charge in [-0.15, -0.1) is 0 Å². The van der Waals surface area contributed by atoms with E-state index in [2.05, 4.69) is 5.32 Å². The highest BCUT2D eigenvalue weighted by Gasteiger charge is 2.39. The predicted molar refractivity (Wildman–Crippen MR) is 68.0 cm³/mol. The van der Waals surface area contributed by atoms with Crippen LogP contribution in [0.1, 0.15) is 19.3 Å². The third-order valence-electron chi connectivity index (χ3n) is 3.57. The third kappa shape index (κ3) is 2.45. The molecular formula is C14H15FN2O2. The van der Waals surface area contributed by atoms with E-state index in [0.29, 0.717) is 18.7 Å². The first-order valence-electron chi connectivity index (χ1n) is 6.52. The summed E-state index contributed by atoms with van der Waals surface area (Å²) in [5.74, 6) is -1.42. The van der Waals surface area contributed by atoms with Crippen LogP contribution in [-0.4, -0.2) is 24.4 Å². The summed E-state index contributed by atoms with van der Waals surface area (Å²) in [5.41, 5.74) is 0.520. The first kappa shape index (κ1) is 12.1. The molecule has 4 nitrogen and oxygen atoms in total. The summed E-state index contributed by atoms with van der Waals surface area (Å²) >= 11 is 0. The van der Waals surface area contributed by atoms with E-state index in [0.717, 1.165) is 12.8 Å². The van der Waals surface area contributed by atoms with Crippen LogP contribution < -0.4 is 10.2 Å². The smallest absolute Gasteiger partial charge is 0.239 e. The predicted octanol–water partition coefficient (Wildman–Crippen LogP) is 1.46. The number of hydrogen-bond acceptors (Lipinski definition) is 2. The maximum absolute atomic E-state index is 13.2. The SMILES string of the molecule is O=C(NC1CC1)C1CCN(c2cccc(F)c2)C1=O. The zero-order valence-corrected chi connectivity index (χ0v) is 10.4. The fourth-order valence-corrected chi connectivity index (χ4v) is 2.35. The molecule has 1 saturated heterocycles. The van der Waals surface area contributed by atoms with Crippen LogP contribution >= 0.6 is 0 Å². The molecular weight excluding hydrogens is 247 g/mol. The van der Waals surface area contributed by atoms with E-state index in [1.807, 2.05) is 0 Å². The summed E-state index contributed by atoms with van der Waals surface area (Å²) in [5, 5.41) is 2.85. The average Bonchev–Trinajstić information content (AvgIpc) is 3.10. The number of hydrogen-bond donors (Lipinski definition) is 1. The molecule has 1 aliphatic heterocycles. The van der Waals surface area contributed by atoms with Gasteiger partial charge in [-0.2, -0.15) is 0 Å². The van der Waals surface area contributed by atoms with Crippen molar-refractivity contribution in [2.24, 2.45) is 5.92 Å². The van der Waals surface area contributed by atoms with Gasteiger partial charge in [0.15, 0.2) is 0 Å². The van der Waals surface area contributed by atoms with Crippen LogP contribution in [0.15, 0.2) is 24.3 Å². The van der Waals surface area contributed by atoms with Gasteiger partial charge in [0.25, 0.3) is 0 Å². The summed E-state index contributed by atoms with van der Waals surface area (Å²) in [6.07, 6.45) is 2.49. The highest BCUT2D eigenvalue weighted by Crippen LogP contribution is 2.27. The summed E-state index contributed by atoms with van der Waals surface area (Å²) in [7, 11) is 0. The van der Waals surface area contributed by atoms with Crippen molar-refractivity contribution >= 4 is 17.5 Å². The normalized spacial score (nSPS) is 22.7. The molecule has 0 bridgehead atoms. The number of anilines is 1. The van der Waals surface area contributed by atoms with Gasteiger partial charge in [-0.25, -0.2) is 4.39 Å². The zero-order valence-electron chi connectivity index (χ0n) is 10.4. The first-order chi connectivity index (χ1) is 9.15. The molecule has 3 rings (SSSR count). The van der Waals surface area contributed by atoms with Crippen molar-refractivity contribution in [3.63, 3.8) is 0 Å². The lowest BCUT2D eigenvalue weighted by molar-refractivity contribution is -0.132. The Kier molecular flexibility index (Phi) is 2.97. The van der Waals surface area contributed by atoms with E-state index < -0.39 is 5.92 Å². The van der Waals surface area contributed by atoms with Gasteiger partial charge in [-0.05, 0) is 37.5 Å². The van der Waals surface area contributed by atoms with E-state index >= 15 is 0 Å². The van der Waals surface area contributed by atoms with Crippen molar-refractivity contribution in [3.05, 3.63) is 30.1 Å². The summed E-state index contributed by atoms with van der Waals surface area (Å²) in [6.45, 7) is 0.463. The second-order valence-corrected chi connectivity index (χ2v) is 5.09. The van der Waals surface area contributed by atoms with Crippen molar-refractivity contribution < 1.29 is 14.0 Å². The maximum atomic E-state index is 13.2. The molecule has 1 heterocycles. The minimum Gasteiger partial charge on any atom is -0.353 e. The lowest BCUT2D eigenvalue weighted by Crippen LogP contribution is -2.37. The molecule has 1 aromatic rings. The highest BCUT2D eigenvalue weighted by atomic mass is 19.1. The quantitative estimate of drug-likeness (QED) is 0.838. The topological polar surface area (TPSA) is 49.4 Å². The third-order valence-corrected chi connectivity index (χ3v) is 3.57. The van der Waals surface area contributed by atoms with E-state index in [1.54, 1.807) is 12.1 Å². The van der Waals surface area contributed by atoms with Crippen LogP contribution in [0.4, 0.5) is 10.1 Å². The molecule has 100 valence electrons. The van der Waals surface area contributed by atoms with Gasteiger partial charge in [0.2, 0.25) is 11.8 Å². The Morgan fingerprint density at radius 3 is 2.79 bits per heavy atom. The van der Waals surface area contributed by atoms with E-state index in [9.17, 15) is 14.0 Å². The number of nitrogens with zero attached hydrogens (tertiary/aromatic N) is 1. The molecule has 1 unspecified atom stereocenters. The second-order valence-electron chi connectivity index (χ2n) is 5.09. The lowest BCUT2D eigenvalue weighted by Gasteiger charge is -2.16. The monoisotopic (exact) mass is 262 g/mol. The van der Waals surface area contributed by atoms with Gasteiger partial charge in [0.05, 0.1) is 0 Å². The Hall–Kier alpha value is -1.91. The number of carbonyl (C=O) groups excluding carboxylic acids is 2. The standard InChI is InChI=1S/C14H15FN2O2/c15-9-2-1-3-11(8-9)17-7-6-12(14(17)19)13(18)16-10-4-5-10/h1-3,8,10,12H,4-7H2,(H,16,18). The van der Waals surface area contributed by atoms with Crippen molar-refractivity contribution in [1.82, 2.24) is 5.32 Å². The van der Waals surface area contributed by atoms with Crippen molar-refractivity contribution in [3.8, 4) is 0 Å². The van der Waals surface area contributed by atoms with Gasteiger partial charge >= 0.3 is 0 Å². The van der Waals surface area contributed by atoms with Crippen molar-refractivity contribution in [2.45, 2.75) is 25.3 Å². The van der Waals surface area contributed by atoms with E-state index in [-0.39, 0.29) is 23.7 Å². The van der Waals surface area contributed by atoms with Crippen LogP contribution in [-0.2, 0) is 9.59 Å². The molecule has 0 spiro atoms. The number of rotatable bonds is 3. The Balaban J connectivity index is 1.72. The van der Waals surface area contributed by atoms with Crippen LogP contribution in [0.2, 0.25) is 0 Å². The van der Waals surface area contributed by atoms with Crippen molar-refractivity contribution in [1.29, 1.82) is 0 Å². The molecule has 2 fully saturated rings. The molecule has 1 N–H and O–H groups in total. The van der Waals surface area contributed by atoms with E-state index in [1.165, 1.54) is 17.0 Å². The molecule has 1 aromatic carbocycles. The number of amides is 2. The van der Waals surface area contributed by atoms with Crippen molar-refractivity contribution in [2.75, 3.05) is 11.4 Å². The van der Waals surface area contributed by atoms with Crippen LogP contribution in [0.25, 0.3) is 0 Å². The van der Waals surface area contributed by atoms with Crippen LogP contribution in [0.5, 0.6) is 0 Å². The molecule has 1 atom stereocenters. The molecule has 2 aliphatic rings. The number of carbonyl (C=O) groups is 2. The Morgan fingerprint density at radius 1 is 1.32 bits per heavy atom. The van der Waals surface area contributed by atoms with Gasteiger partial charge < -0.3 is 10.2 Å². The molecule has 0 aromatic heterocycles. The highest BCUT2D eigenvalue weighted by molar-refractivity contribution is 6.09. The minimum absolute atomic E-state index is 0.189. The largest absolute Gasteiger partial charge is 0.353 e. The molecule has 2 amide bonds. The number of halogens is 1. The fourth-order valence-electron chi connectivity index (χ4n) is 2.35. The maximum Gasteiger partial charge on any atom is 0.239 e. The molecule has 1 aliphatic carbocycles. The summed E-state index contributed by atoms with van der Waals surface area (Å²) < 4.78 is 13.2. The average molecular weight is 262 g/mol. The number of nitrogens with one attached hydrogen (secondary N) is 1. The van der Waals surface area contributed by atoms with Gasteiger partial charge in [-0.1, -0.05) is 6.07 Å². The summed E-state index contributed by atoms with van der Waals surface area (Å²) in [6, 6.07) is 6.15. The first-order valence-corrected chi connectivity index (χ1v) is 6.52. The zero-order chi connectivity index (χ0) is 13.4. The van der Waals surface area contributed by atoms with E-state index in [4.69, 9.17) is 0 Å². The second kappa shape index (κ2) is 4.64. The molecule has 19 heavy (non-hydrogen) atoms. The lowest BCUT2D eigenvalue weighted by atomic mass is 10.1. The van der Waals surface area contributed by atoms with Crippen LogP contribution in [0, 0.1) is 11.7 Å². The Morgan fingerprint density at radius 2 is 2.11 bits per heavy atom. The minimum atomic E-state index is -0.621. The fraction of sp³-hybridized carbons (Fsp3) is 0.429.